The average molecular weight is 420 g/mol. The second-order valence-corrected chi connectivity index (χ2v) is 7.69. The smallest absolute Gasteiger partial charge is 0.328 e. The van der Waals surface area contributed by atoms with Gasteiger partial charge in [-0.25, -0.2) is 9.78 Å². The number of nitrogens with one attached hydrogen (secondary N) is 1. The van der Waals surface area contributed by atoms with E-state index < -0.39 is 17.9 Å². The Kier molecular flexibility index (Phi) is 5.81. The normalized spacial score (nSPS) is 12.0. The molecule has 28 heavy (non-hydrogen) atoms. The summed E-state index contributed by atoms with van der Waals surface area (Å²) in [4.78, 5) is 42.1. The van der Waals surface area contributed by atoms with Gasteiger partial charge in [-0.1, -0.05) is 23.7 Å². The van der Waals surface area contributed by atoms with Crippen LogP contribution < -0.4 is 10.9 Å². The second-order valence-electron chi connectivity index (χ2n) is 6.26. The fourth-order valence-electron chi connectivity index (χ4n) is 2.77. The summed E-state index contributed by atoms with van der Waals surface area (Å²) >= 11 is 7.01. The Balaban J connectivity index is 1.94. The van der Waals surface area contributed by atoms with Crippen molar-refractivity contribution >= 4 is 45.0 Å². The molecule has 9 heteroatoms. The number of halogens is 1. The van der Waals surface area contributed by atoms with Gasteiger partial charge in [0.05, 0.1) is 30.2 Å². The first-order chi connectivity index (χ1) is 13.3. The van der Waals surface area contributed by atoms with Crippen LogP contribution in [0.1, 0.15) is 27.7 Å². The molecule has 0 aliphatic heterocycles. The van der Waals surface area contributed by atoms with E-state index in [0.29, 0.717) is 32.2 Å². The van der Waals surface area contributed by atoms with Gasteiger partial charge in [0.1, 0.15) is 10.9 Å². The average Bonchev–Trinajstić information content (AvgIpc) is 3.02. The molecule has 0 aliphatic carbocycles. The minimum absolute atomic E-state index is 0.228. The lowest BCUT2D eigenvalue weighted by atomic mass is 10.2. The van der Waals surface area contributed by atoms with Crippen molar-refractivity contribution in [1.29, 1.82) is 0 Å². The van der Waals surface area contributed by atoms with Gasteiger partial charge in [-0.05, 0) is 37.1 Å². The third-order valence-electron chi connectivity index (χ3n) is 4.29. The quantitative estimate of drug-likeness (QED) is 0.642. The van der Waals surface area contributed by atoms with Crippen LogP contribution in [0, 0.1) is 6.92 Å². The van der Waals surface area contributed by atoms with E-state index >= 15 is 0 Å². The van der Waals surface area contributed by atoms with Gasteiger partial charge in [-0.15, -0.1) is 11.3 Å². The summed E-state index contributed by atoms with van der Waals surface area (Å²) in [6.07, 6.45) is 1.47. The topological polar surface area (TPSA) is 90.3 Å². The second kappa shape index (κ2) is 8.12. The number of nitrogens with zero attached hydrogens (tertiary/aromatic N) is 2. The Hall–Kier alpha value is -2.71. The first-order valence-corrected chi connectivity index (χ1v) is 9.63. The Bertz CT molecular complexity index is 1100. The van der Waals surface area contributed by atoms with Gasteiger partial charge >= 0.3 is 5.97 Å². The molecule has 1 amide bonds. The number of hydrogen-bond donors (Lipinski definition) is 1. The number of aryl methyl sites for hydroxylation is 1. The number of methoxy groups -OCH3 is 1. The predicted octanol–water partition coefficient (Wildman–Crippen LogP) is 2.76. The number of esters is 1. The third-order valence-corrected chi connectivity index (χ3v) is 5.74. The van der Waals surface area contributed by atoms with Crippen LogP contribution in [0.15, 0.2) is 35.4 Å². The summed E-state index contributed by atoms with van der Waals surface area (Å²) in [7, 11) is 1.25. The standard InChI is InChI=1S/C19H18ClN3O4S/c1-10-14-17(28-15(10)16(24)22-11(2)19(26)27-3)21-9-23(18(14)25)8-12-4-6-13(20)7-5-12/h4-7,9,11H,8H2,1-3H3,(H,22,24)/t11-/m0/s1. The first-order valence-electron chi connectivity index (χ1n) is 8.43. The lowest BCUT2D eigenvalue weighted by Crippen LogP contribution is -2.39. The number of carbonyl (C=O) groups excluding carboxylic acids is 2. The van der Waals surface area contributed by atoms with Gasteiger partial charge in [0.25, 0.3) is 11.5 Å². The molecule has 0 spiro atoms. The van der Waals surface area contributed by atoms with Gasteiger partial charge in [-0.2, -0.15) is 0 Å². The molecule has 2 heterocycles. The zero-order valence-electron chi connectivity index (χ0n) is 15.5. The van der Waals surface area contributed by atoms with E-state index in [9.17, 15) is 14.4 Å². The maximum absolute atomic E-state index is 12.9. The maximum Gasteiger partial charge on any atom is 0.328 e. The van der Waals surface area contributed by atoms with Crippen LogP contribution in [0.25, 0.3) is 10.2 Å². The van der Waals surface area contributed by atoms with Crippen molar-refractivity contribution in [3.63, 3.8) is 0 Å². The van der Waals surface area contributed by atoms with Crippen LogP contribution >= 0.6 is 22.9 Å². The van der Waals surface area contributed by atoms with Crippen molar-refractivity contribution in [3.8, 4) is 0 Å². The first kappa shape index (κ1) is 20.0. The van der Waals surface area contributed by atoms with Crippen LogP contribution in [0.3, 0.4) is 0 Å². The van der Waals surface area contributed by atoms with Gasteiger partial charge in [-0.3, -0.25) is 14.2 Å². The number of rotatable bonds is 5. The molecular weight excluding hydrogens is 402 g/mol. The van der Waals surface area contributed by atoms with Crippen molar-refractivity contribution in [3.05, 3.63) is 62.0 Å². The molecule has 0 radical (unpaired) electrons. The van der Waals surface area contributed by atoms with Crippen molar-refractivity contribution in [2.24, 2.45) is 0 Å². The molecule has 1 aromatic carbocycles. The summed E-state index contributed by atoms with van der Waals surface area (Å²) in [5.74, 6) is -0.988. The van der Waals surface area contributed by atoms with E-state index in [2.05, 4.69) is 15.0 Å². The highest BCUT2D eigenvalue weighted by Crippen LogP contribution is 2.27. The molecule has 1 N–H and O–H groups in total. The molecule has 3 aromatic rings. The van der Waals surface area contributed by atoms with Crippen LogP contribution in [-0.2, 0) is 16.1 Å². The Morgan fingerprint density at radius 1 is 1.32 bits per heavy atom. The van der Waals surface area contributed by atoms with Crippen LogP contribution in [-0.4, -0.2) is 34.6 Å². The number of ether oxygens (including phenoxy) is 1. The van der Waals surface area contributed by atoms with E-state index in [1.807, 2.05) is 12.1 Å². The molecular formula is C19H18ClN3O4S. The number of amides is 1. The Morgan fingerprint density at radius 2 is 2.00 bits per heavy atom. The van der Waals surface area contributed by atoms with Crippen molar-refractivity contribution < 1.29 is 14.3 Å². The Labute approximate surface area is 169 Å². The van der Waals surface area contributed by atoms with Gasteiger partial charge in [0.2, 0.25) is 0 Å². The number of benzene rings is 1. The molecule has 3 rings (SSSR count). The van der Waals surface area contributed by atoms with Crippen LogP contribution in [0.5, 0.6) is 0 Å². The van der Waals surface area contributed by atoms with E-state index in [1.54, 1.807) is 19.1 Å². The SMILES string of the molecule is COC(=O)[C@H](C)NC(=O)c1sc2ncn(Cc3ccc(Cl)cc3)c(=O)c2c1C. The molecule has 146 valence electrons. The van der Waals surface area contributed by atoms with E-state index in [-0.39, 0.29) is 5.56 Å². The van der Waals surface area contributed by atoms with E-state index in [1.165, 1.54) is 24.9 Å². The van der Waals surface area contributed by atoms with Crippen LogP contribution in [0.2, 0.25) is 5.02 Å². The van der Waals surface area contributed by atoms with Gasteiger partial charge < -0.3 is 10.1 Å². The predicted molar refractivity (Wildman–Crippen MR) is 108 cm³/mol. The zero-order chi connectivity index (χ0) is 20.4. The molecule has 0 saturated carbocycles. The molecule has 0 bridgehead atoms. The molecule has 0 fully saturated rings. The molecule has 0 unspecified atom stereocenters. The van der Waals surface area contributed by atoms with Crippen LogP contribution in [0.4, 0.5) is 0 Å². The highest BCUT2D eigenvalue weighted by Gasteiger charge is 2.23. The summed E-state index contributed by atoms with van der Waals surface area (Å²) in [5, 5.41) is 3.60. The van der Waals surface area contributed by atoms with E-state index in [0.717, 1.165) is 16.9 Å². The number of aromatic nitrogens is 2. The lowest BCUT2D eigenvalue weighted by molar-refractivity contribution is -0.142. The number of thiophene rings is 1. The summed E-state index contributed by atoms with van der Waals surface area (Å²) in [5.41, 5.74) is 1.22. The minimum atomic E-state index is -0.795. The number of fused-ring (bicyclic) bond motifs is 1. The molecule has 0 aliphatic rings. The highest BCUT2D eigenvalue weighted by molar-refractivity contribution is 7.20. The zero-order valence-corrected chi connectivity index (χ0v) is 17.1. The number of carbonyl (C=O) groups is 2. The molecule has 0 saturated heterocycles. The lowest BCUT2D eigenvalue weighted by Gasteiger charge is -2.10. The monoisotopic (exact) mass is 419 g/mol. The maximum atomic E-state index is 12.9. The highest BCUT2D eigenvalue weighted by atomic mass is 35.5. The fraction of sp³-hybridized carbons (Fsp3) is 0.263. The van der Waals surface area contributed by atoms with Gasteiger partial charge in [0, 0.05) is 5.02 Å². The third kappa shape index (κ3) is 3.93. The van der Waals surface area contributed by atoms with Crippen molar-refractivity contribution in [1.82, 2.24) is 14.9 Å². The largest absolute Gasteiger partial charge is 0.467 e. The fourth-order valence-corrected chi connectivity index (χ4v) is 3.94. The van der Waals surface area contributed by atoms with E-state index in [4.69, 9.17) is 11.6 Å². The minimum Gasteiger partial charge on any atom is -0.467 e. The summed E-state index contributed by atoms with van der Waals surface area (Å²) in [6.45, 7) is 3.57. The van der Waals surface area contributed by atoms with Crippen molar-refractivity contribution in [2.75, 3.05) is 7.11 Å². The number of hydrogen-bond acceptors (Lipinski definition) is 6. The molecule has 2 aromatic heterocycles. The van der Waals surface area contributed by atoms with Gasteiger partial charge in [0.15, 0.2) is 0 Å². The summed E-state index contributed by atoms with van der Waals surface area (Å²) in [6, 6.07) is 6.40. The Morgan fingerprint density at radius 3 is 2.64 bits per heavy atom. The molecule has 1 atom stereocenters. The molecule has 7 nitrogen and oxygen atoms in total. The van der Waals surface area contributed by atoms with Crippen molar-refractivity contribution in [2.45, 2.75) is 26.4 Å². The summed E-state index contributed by atoms with van der Waals surface area (Å²) < 4.78 is 6.10.